The number of rotatable bonds is 17. The van der Waals surface area contributed by atoms with Gasteiger partial charge >= 0.3 is 23.9 Å². The van der Waals surface area contributed by atoms with Gasteiger partial charge in [-0.25, -0.2) is 9.59 Å². The van der Waals surface area contributed by atoms with E-state index in [0.717, 1.165) is 12.8 Å². The molecule has 9 nitrogen and oxygen atoms in total. The van der Waals surface area contributed by atoms with Crippen molar-refractivity contribution in [1.82, 2.24) is 0 Å². The summed E-state index contributed by atoms with van der Waals surface area (Å²) in [7, 11) is 0. The number of unbranched alkanes of at least 4 members (excludes halogenated alkanes) is 3. The maximum Gasteiger partial charge on any atom is 0.339 e. The van der Waals surface area contributed by atoms with Crippen LogP contribution in [0.25, 0.3) is 0 Å². The highest BCUT2D eigenvalue weighted by molar-refractivity contribution is 6.03. The van der Waals surface area contributed by atoms with Crippen molar-refractivity contribution in [2.24, 2.45) is 5.41 Å². The monoisotopic (exact) mass is 508 g/mol. The molecular weight excluding hydrogens is 468 g/mol. The molecule has 1 aromatic rings. The van der Waals surface area contributed by atoms with Gasteiger partial charge in [-0.3, -0.25) is 9.59 Å². The summed E-state index contributed by atoms with van der Waals surface area (Å²) in [4.78, 5) is 48.5. The molecule has 1 unspecified atom stereocenters. The highest BCUT2D eigenvalue weighted by Crippen LogP contribution is 2.21. The van der Waals surface area contributed by atoms with Crippen LogP contribution in [-0.4, -0.2) is 61.5 Å². The van der Waals surface area contributed by atoms with Gasteiger partial charge in [0.2, 0.25) is 0 Å². The Bertz CT molecular complexity index is 847. The SMILES string of the molecule is CCCCOC(=O)CCCCCOC(=O)c1ccccc1C(=O)OCC(O)COC(=O)C(C)(C)CC. The molecular formula is C27H40O9. The fourth-order valence-corrected chi connectivity index (χ4v) is 2.84. The van der Waals surface area contributed by atoms with Crippen molar-refractivity contribution in [3.8, 4) is 0 Å². The summed E-state index contributed by atoms with van der Waals surface area (Å²) in [6.45, 7) is 7.24. The molecule has 202 valence electrons. The second-order valence-electron chi connectivity index (χ2n) is 9.15. The van der Waals surface area contributed by atoms with Crippen LogP contribution in [0.4, 0.5) is 0 Å². The Morgan fingerprint density at radius 2 is 1.39 bits per heavy atom. The minimum Gasteiger partial charge on any atom is -0.466 e. The second kappa shape index (κ2) is 16.7. The zero-order valence-electron chi connectivity index (χ0n) is 21.9. The highest BCUT2D eigenvalue weighted by Gasteiger charge is 2.28. The van der Waals surface area contributed by atoms with Gasteiger partial charge in [0.25, 0.3) is 0 Å². The Balaban J connectivity index is 2.43. The van der Waals surface area contributed by atoms with Crippen molar-refractivity contribution < 1.29 is 43.2 Å². The number of aliphatic hydroxyl groups is 1. The first-order chi connectivity index (χ1) is 17.1. The smallest absolute Gasteiger partial charge is 0.339 e. The van der Waals surface area contributed by atoms with Gasteiger partial charge in [-0.2, -0.15) is 0 Å². The average Bonchev–Trinajstić information content (AvgIpc) is 2.87. The predicted molar refractivity (Wildman–Crippen MR) is 132 cm³/mol. The Labute approximate surface area is 213 Å². The maximum absolute atomic E-state index is 12.5. The van der Waals surface area contributed by atoms with E-state index in [2.05, 4.69) is 0 Å². The number of carbonyl (C=O) groups excluding carboxylic acids is 4. The fraction of sp³-hybridized carbons (Fsp3) is 0.630. The number of hydrogen-bond acceptors (Lipinski definition) is 9. The summed E-state index contributed by atoms with van der Waals surface area (Å²) >= 11 is 0. The molecule has 36 heavy (non-hydrogen) atoms. The number of aliphatic hydroxyl groups excluding tert-OH is 1. The minimum absolute atomic E-state index is 0.00800. The number of carbonyl (C=O) groups is 4. The van der Waals surface area contributed by atoms with E-state index in [9.17, 15) is 24.3 Å². The van der Waals surface area contributed by atoms with Crippen molar-refractivity contribution >= 4 is 23.9 Å². The van der Waals surface area contributed by atoms with E-state index < -0.39 is 36.0 Å². The Morgan fingerprint density at radius 3 is 2.00 bits per heavy atom. The van der Waals surface area contributed by atoms with Crippen molar-refractivity contribution in [2.75, 3.05) is 26.4 Å². The highest BCUT2D eigenvalue weighted by atomic mass is 16.6. The molecule has 1 atom stereocenters. The molecule has 0 fully saturated rings. The third-order valence-electron chi connectivity index (χ3n) is 5.64. The van der Waals surface area contributed by atoms with Gasteiger partial charge in [0.05, 0.1) is 29.8 Å². The lowest BCUT2D eigenvalue weighted by atomic mass is 9.91. The van der Waals surface area contributed by atoms with E-state index in [-0.39, 0.29) is 30.3 Å². The van der Waals surface area contributed by atoms with E-state index in [0.29, 0.717) is 38.7 Å². The summed E-state index contributed by atoms with van der Waals surface area (Å²) < 4.78 is 20.6. The normalized spacial score (nSPS) is 11.9. The molecule has 1 N–H and O–H groups in total. The van der Waals surface area contributed by atoms with Crippen LogP contribution in [0.2, 0.25) is 0 Å². The third-order valence-corrected chi connectivity index (χ3v) is 5.64. The van der Waals surface area contributed by atoms with Crippen LogP contribution in [0.3, 0.4) is 0 Å². The van der Waals surface area contributed by atoms with E-state index in [1.807, 2.05) is 13.8 Å². The summed E-state index contributed by atoms with van der Waals surface area (Å²) in [6.07, 6.45) is 3.43. The summed E-state index contributed by atoms with van der Waals surface area (Å²) in [5.74, 6) is -2.14. The quantitative estimate of drug-likeness (QED) is 0.187. The summed E-state index contributed by atoms with van der Waals surface area (Å²) in [5, 5.41) is 10.0. The number of esters is 4. The Morgan fingerprint density at radius 1 is 0.806 bits per heavy atom. The fourth-order valence-electron chi connectivity index (χ4n) is 2.84. The van der Waals surface area contributed by atoms with E-state index in [4.69, 9.17) is 18.9 Å². The first kappa shape index (κ1) is 31.1. The van der Waals surface area contributed by atoms with Crippen LogP contribution in [0, 0.1) is 5.41 Å². The zero-order chi connectivity index (χ0) is 27.0. The van der Waals surface area contributed by atoms with Gasteiger partial charge in [0, 0.05) is 6.42 Å². The standard InChI is InChI=1S/C27H40O9/c1-5-7-16-33-23(29)15-9-8-12-17-34-24(30)21-13-10-11-14-22(21)25(31)35-18-20(28)19-36-26(32)27(3,4)6-2/h10-11,13-14,20,28H,5-9,12,15-19H2,1-4H3. The van der Waals surface area contributed by atoms with E-state index in [1.54, 1.807) is 26.0 Å². The molecule has 0 radical (unpaired) electrons. The minimum atomic E-state index is -1.20. The van der Waals surface area contributed by atoms with Crippen molar-refractivity contribution in [1.29, 1.82) is 0 Å². The molecule has 1 aromatic carbocycles. The van der Waals surface area contributed by atoms with E-state index >= 15 is 0 Å². The molecule has 1 rings (SSSR count). The van der Waals surface area contributed by atoms with Crippen LogP contribution in [0.15, 0.2) is 24.3 Å². The molecule has 0 amide bonds. The van der Waals surface area contributed by atoms with Gasteiger partial charge < -0.3 is 24.1 Å². The predicted octanol–water partition coefficient (Wildman–Crippen LogP) is 4.24. The second-order valence-corrected chi connectivity index (χ2v) is 9.15. The summed E-state index contributed by atoms with van der Waals surface area (Å²) in [6, 6.07) is 6.06. The Hall–Kier alpha value is -2.94. The molecule has 0 saturated carbocycles. The Kier molecular flexibility index (Phi) is 14.4. The number of ether oxygens (including phenoxy) is 4. The van der Waals surface area contributed by atoms with Crippen LogP contribution >= 0.6 is 0 Å². The molecule has 0 bridgehead atoms. The largest absolute Gasteiger partial charge is 0.466 e. The first-order valence-electron chi connectivity index (χ1n) is 12.6. The summed E-state index contributed by atoms with van der Waals surface area (Å²) in [5.41, 5.74) is -0.614. The van der Waals surface area contributed by atoms with Crippen molar-refractivity contribution in [3.05, 3.63) is 35.4 Å². The number of hydrogen-bond donors (Lipinski definition) is 1. The molecule has 0 heterocycles. The van der Waals surface area contributed by atoms with Gasteiger partial charge in [-0.15, -0.1) is 0 Å². The lowest BCUT2D eigenvalue weighted by Crippen LogP contribution is -2.31. The molecule has 0 saturated heterocycles. The maximum atomic E-state index is 12.5. The lowest BCUT2D eigenvalue weighted by Gasteiger charge is -2.21. The lowest BCUT2D eigenvalue weighted by molar-refractivity contribution is -0.157. The zero-order valence-corrected chi connectivity index (χ0v) is 21.9. The van der Waals surface area contributed by atoms with Crippen LogP contribution in [0.1, 0.15) is 93.4 Å². The topological polar surface area (TPSA) is 125 Å². The molecule has 9 heteroatoms. The molecule has 0 aliphatic carbocycles. The van der Waals surface area contributed by atoms with Crippen molar-refractivity contribution in [3.63, 3.8) is 0 Å². The molecule has 0 aliphatic rings. The molecule has 0 aromatic heterocycles. The van der Waals surface area contributed by atoms with Crippen LogP contribution in [-0.2, 0) is 28.5 Å². The van der Waals surface area contributed by atoms with Crippen molar-refractivity contribution in [2.45, 2.75) is 78.7 Å². The van der Waals surface area contributed by atoms with Crippen LogP contribution in [0.5, 0.6) is 0 Å². The van der Waals surface area contributed by atoms with E-state index in [1.165, 1.54) is 12.1 Å². The van der Waals surface area contributed by atoms with Gasteiger partial charge in [-0.1, -0.05) is 32.4 Å². The first-order valence-corrected chi connectivity index (χ1v) is 12.6. The molecule has 0 spiro atoms. The molecule has 0 aliphatic heterocycles. The van der Waals surface area contributed by atoms with Gasteiger partial charge in [-0.05, 0) is 58.1 Å². The third kappa shape index (κ3) is 11.7. The van der Waals surface area contributed by atoms with Gasteiger partial charge in [0.15, 0.2) is 0 Å². The number of benzene rings is 1. The average molecular weight is 509 g/mol. The van der Waals surface area contributed by atoms with Gasteiger partial charge in [0.1, 0.15) is 19.3 Å². The van der Waals surface area contributed by atoms with Crippen LogP contribution < -0.4 is 0 Å².